The van der Waals surface area contributed by atoms with E-state index in [1.807, 2.05) is 12.1 Å². The molecule has 0 N–H and O–H groups in total. The van der Waals surface area contributed by atoms with Gasteiger partial charge in [-0.15, -0.1) is 22.9 Å². The third kappa shape index (κ3) is 1.74. The molecule has 14 heavy (non-hydrogen) atoms. The lowest BCUT2D eigenvalue weighted by Crippen LogP contribution is -1.81. The predicted molar refractivity (Wildman–Crippen MR) is 68.8 cm³/mol. The van der Waals surface area contributed by atoms with Crippen LogP contribution in [0.25, 0.3) is 10.1 Å². The number of thiophene rings is 1. The van der Waals surface area contributed by atoms with Crippen molar-refractivity contribution >= 4 is 55.6 Å². The van der Waals surface area contributed by atoms with Crippen LogP contribution in [0.5, 0.6) is 0 Å². The van der Waals surface area contributed by atoms with Gasteiger partial charge in [0.15, 0.2) is 0 Å². The zero-order valence-electron chi connectivity index (χ0n) is 7.05. The Kier molecular flexibility index (Phi) is 2.96. The Balaban J connectivity index is 2.80. The maximum Gasteiger partial charge on any atom is 0.101 e. The maximum atomic E-state index is 8.98. The third-order valence-electron chi connectivity index (χ3n) is 1.92. The highest BCUT2D eigenvalue weighted by atomic mass is 127. The predicted octanol–water partition coefficient (Wildman–Crippen LogP) is 4.12. The molecule has 0 fully saturated rings. The molecule has 0 amide bonds. The van der Waals surface area contributed by atoms with Crippen molar-refractivity contribution in [3.63, 3.8) is 0 Å². The maximum absolute atomic E-state index is 8.98. The second-order valence-electron chi connectivity index (χ2n) is 2.86. The summed E-state index contributed by atoms with van der Waals surface area (Å²) in [4.78, 5) is 0. The summed E-state index contributed by atoms with van der Waals surface area (Å²) < 4.78 is 2.26. The molecule has 0 aliphatic rings. The number of hydrogen-bond acceptors (Lipinski definition) is 2. The highest BCUT2D eigenvalue weighted by Gasteiger charge is 2.06. The van der Waals surface area contributed by atoms with E-state index in [-0.39, 0.29) is 0 Å². The molecule has 0 aliphatic carbocycles. The second-order valence-corrected chi connectivity index (χ2v) is 6.07. The molecular formula is C10H5ClINS. The molecule has 1 heterocycles. The highest BCUT2D eigenvalue weighted by molar-refractivity contribution is 14.1. The molecule has 0 spiro atoms. The number of hydrogen-bond donors (Lipinski definition) is 0. The summed E-state index contributed by atoms with van der Waals surface area (Å²) in [6, 6.07) is 8.19. The zero-order valence-corrected chi connectivity index (χ0v) is 10.8. The van der Waals surface area contributed by atoms with Crippen LogP contribution in [0.3, 0.4) is 0 Å². The number of alkyl halides is 1. The molecule has 0 aliphatic heterocycles. The monoisotopic (exact) mass is 333 g/mol. The first-order valence-electron chi connectivity index (χ1n) is 3.92. The van der Waals surface area contributed by atoms with Gasteiger partial charge in [0.05, 0.1) is 13.1 Å². The number of nitrogens with zero attached hydrogens (tertiary/aromatic N) is 1. The Morgan fingerprint density at radius 1 is 1.43 bits per heavy atom. The largest absolute Gasteiger partial charge is 0.192 e. The molecule has 1 aromatic carbocycles. The Bertz CT molecular complexity index is 527. The fraction of sp³-hybridized carbons (Fsp3) is 0.100. The van der Waals surface area contributed by atoms with E-state index in [1.165, 1.54) is 2.88 Å². The van der Waals surface area contributed by atoms with E-state index < -0.39 is 0 Å². The van der Waals surface area contributed by atoms with E-state index in [9.17, 15) is 0 Å². The van der Waals surface area contributed by atoms with E-state index in [2.05, 4.69) is 34.7 Å². The van der Waals surface area contributed by atoms with Gasteiger partial charge >= 0.3 is 0 Å². The molecule has 70 valence electrons. The smallest absolute Gasteiger partial charge is 0.101 e. The molecule has 1 aromatic heterocycles. The van der Waals surface area contributed by atoms with Gasteiger partial charge in [-0.25, -0.2) is 0 Å². The molecule has 0 bridgehead atoms. The lowest BCUT2D eigenvalue weighted by Gasteiger charge is -1.97. The lowest BCUT2D eigenvalue weighted by molar-refractivity contribution is 1.41. The molecule has 4 heteroatoms. The Morgan fingerprint density at radius 2 is 2.21 bits per heavy atom. The normalized spacial score (nSPS) is 10.4. The van der Waals surface area contributed by atoms with E-state index in [4.69, 9.17) is 16.9 Å². The van der Waals surface area contributed by atoms with Crippen LogP contribution in [0, 0.1) is 14.2 Å². The molecule has 2 rings (SSSR count). The van der Waals surface area contributed by atoms with Gasteiger partial charge in [-0.05, 0) is 51.7 Å². The van der Waals surface area contributed by atoms with E-state index in [0.29, 0.717) is 5.88 Å². The van der Waals surface area contributed by atoms with Crippen molar-refractivity contribution in [1.29, 1.82) is 5.26 Å². The summed E-state index contributed by atoms with van der Waals surface area (Å²) in [7, 11) is 0. The van der Waals surface area contributed by atoms with Crippen molar-refractivity contribution in [3.8, 4) is 6.07 Å². The summed E-state index contributed by atoms with van der Waals surface area (Å²) in [6.07, 6.45) is 0. The summed E-state index contributed by atoms with van der Waals surface area (Å²) in [5.41, 5.74) is 1.73. The Morgan fingerprint density at radius 3 is 2.86 bits per heavy atom. The minimum absolute atomic E-state index is 0.455. The molecule has 1 nitrogen and oxygen atoms in total. The molecule has 0 radical (unpaired) electrons. The highest BCUT2D eigenvalue weighted by Crippen LogP contribution is 2.31. The Labute approximate surface area is 104 Å². The first-order valence-corrected chi connectivity index (χ1v) is 6.35. The summed E-state index contributed by atoms with van der Waals surface area (Å²) in [5.74, 6) is 0.455. The van der Waals surface area contributed by atoms with Crippen LogP contribution in [-0.4, -0.2) is 0 Å². The van der Waals surface area contributed by atoms with Crippen molar-refractivity contribution in [2.75, 3.05) is 0 Å². The van der Waals surface area contributed by atoms with Crippen molar-refractivity contribution in [3.05, 3.63) is 32.2 Å². The number of nitriles is 1. The van der Waals surface area contributed by atoms with Crippen LogP contribution in [0.4, 0.5) is 0 Å². The van der Waals surface area contributed by atoms with Crippen molar-refractivity contribution in [2.24, 2.45) is 0 Å². The summed E-state index contributed by atoms with van der Waals surface area (Å²) >= 11 is 9.66. The quantitative estimate of drug-likeness (QED) is 0.569. The van der Waals surface area contributed by atoms with E-state index >= 15 is 0 Å². The van der Waals surface area contributed by atoms with Crippen molar-refractivity contribution in [1.82, 2.24) is 0 Å². The van der Waals surface area contributed by atoms with Crippen molar-refractivity contribution in [2.45, 2.75) is 5.88 Å². The number of benzene rings is 1. The molecule has 0 atom stereocenters. The zero-order chi connectivity index (χ0) is 10.1. The van der Waals surface area contributed by atoms with Gasteiger partial charge in [0.25, 0.3) is 0 Å². The Hall–Kier alpha value is -0.310. The van der Waals surface area contributed by atoms with Gasteiger partial charge in [-0.3, -0.25) is 0 Å². The lowest BCUT2D eigenvalue weighted by atomic mass is 10.1. The molecule has 0 unspecified atom stereocenters. The number of fused-ring (bicyclic) bond motifs is 1. The van der Waals surface area contributed by atoms with Crippen LogP contribution in [0.1, 0.15) is 11.1 Å². The summed E-state index contributed by atoms with van der Waals surface area (Å²) in [5, 5.41) is 10.1. The van der Waals surface area contributed by atoms with Crippen LogP contribution < -0.4 is 0 Å². The van der Waals surface area contributed by atoms with Crippen LogP contribution in [0.15, 0.2) is 18.2 Å². The summed E-state index contributed by atoms with van der Waals surface area (Å²) in [6.45, 7) is 0. The van der Waals surface area contributed by atoms with Gasteiger partial charge in [-0.2, -0.15) is 5.26 Å². The molecule has 0 saturated carbocycles. The van der Waals surface area contributed by atoms with Crippen LogP contribution in [0.2, 0.25) is 0 Å². The standard InChI is InChI=1S/C10H5ClINS/c11-4-6-1-7-3-9(12)14-10(7)8(2-6)5-13/h1-3H,4H2. The minimum atomic E-state index is 0.455. The topological polar surface area (TPSA) is 23.8 Å². The first-order chi connectivity index (χ1) is 6.74. The van der Waals surface area contributed by atoms with Gasteiger partial charge in [-0.1, -0.05) is 0 Å². The van der Waals surface area contributed by atoms with Crippen molar-refractivity contribution < 1.29 is 0 Å². The average Bonchev–Trinajstić information content (AvgIpc) is 2.56. The first kappa shape index (κ1) is 10.2. The average molecular weight is 334 g/mol. The van der Waals surface area contributed by atoms with Crippen LogP contribution >= 0.6 is 45.5 Å². The fourth-order valence-corrected chi connectivity index (χ4v) is 3.33. The fourth-order valence-electron chi connectivity index (χ4n) is 1.34. The number of halogens is 2. The molecule has 0 saturated heterocycles. The van der Waals surface area contributed by atoms with E-state index in [1.54, 1.807) is 11.3 Å². The van der Waals surface area contributed by atoms with Gasteiger partial charge in [0.2, 0.25) is 0 Å². The second kappa shape index (κ2) is 4.05. The van der Waals surface area contributed by atoms with Gasteiger partial charge in [0, 0.05) is 5.88 Å². The molecular weight excluding hydrogens is 329 g/mol. The molecule has 2 aromatic rings. The number of rotatable bonds is 1. The SMILES string of the molecule is N#Cc1cc(CCl)cc2cc(I)sc12. The third-order valence-corrected chi connectivity index (χ3v) is 4.17. The van der Waals surface area contributed by atoms with E-state index in [0.717, 1.165) is 21.2 Å². The van der Waals surface area contributed by atoms with Gasteiger partial charge < -0.3 is 0 Å². The van der Waals surface area contributed by atoms with Crippen LogP contribution in [-0.2, 0) is 5.88 Å². The van der Waals surface area contributed by atoms with Gasteiger partial charge in [0.1, 0.15) is 6.07 Å². The minimum Gasteiger partial charge on any atom is -0.192 e.